The lowest BCUT2D eigenvalue weighted by molar-refractivity contribution is -0.165. The molecule has 0 aliphatic rings. The number of carbonyl (C=O) groups excluding carboxylic acids is 2. The molecule has 27 heavy (non-hydrogen) atoms. The van der Waals surface area contributed by atoms with E-state index >= 15 is 0 Å². The molecule has 0 unspecified atom stereocenters. The van der Waals surface area contributed by atoms with Crippen LogP contribution in [-0.4, -0.2) is 18.5 Å². The molecule has 0 atom stereocenters. The number of rotatable bonds is 9. The minimum atomic E-state index is -2.38. The van der Waals surface area contributed by atoms with E-state index in [1.54, 1.807) is 0 Å². The van der Waals surface area contributed by atoms with E-state index in [0.29, 0.717) is 6.42 Å². The van der Waals surface area contributed by atoms with Crippen LogP contribution < -0.4 is 4.74 Å². The second-order valence-electron chi connectivity index (χ2n) is 6.46. The van der Waals surface area contributed by atoms with Crippen molar-refractivity contribution in [3.63, 3.8) is 0 Å². The summed E-state index contributed by atoms with van der Waals surface area (Å²) in [6.45, 7) is 4.18. The Kier molecular flexibility index (Phi) is 8.18. The summed E-state index contributed by atoms with van der Waals surface area (Å²) < 4.78 is 75.7. The van der Waals surface area contributed by atoms with E-state index in [1.165, 1.54) is 0 Å². The van der Waals surface area contributed by atoms with Crippen molar-refractivity contribution in [3.05, 3.63) is 29.1 Å². The van der Waals surface area contributed by atoms with Crippen LogP contribution in [-0.2, 0) is 14.3 Å². The van der Waals surface area contributed by atoms with Crippen LogP contribution in [0.5, 0.6) is 5.75 Å². The third kappa shape index (κ3) is 5.40. The summed E-state index contributed by atoms with van der Waals surface area (Å²) in [6, 6.07) is 0. The van der Waals surface area contributed by atoms with Gasteiger partial charge in [0.2, 0.25) is 34.8 Å². The van der Waals surface area contributed by atoms with Gasteiger partial charge in [0, 0.05) is 0 Å². The maximum atomic E-state index is 13.6. The fourth-order valence-electron chi connectivity index (χ4n) is 2.03. The van der Waals surface area contributed by atoms with E-state index < -0.39 is 52.2 Å². The monoisotopic (exact) mass is 396 g/mol. The Bertz CT molecular complexity index is 674. The summed E-state index contributed by atoms with van der Waals surface area (Å²) in [4.78, 5) is 24.1. The predicted octanol–water partition coefficient (Wildman–Crippen LogP) is 4.83. The van der Waals surface area contributed by atoms with Crippen molar-refractivity contribution in [2.24, 2.45) is 5.41 Å². The Balaban J connectivity index is 2.79. The highest BCUT2D eigenvalue weighted by molar-refractivity contribution is 5.99. The Morgan fingerprint density at radius 1 is 0.778 bits per heavy atom. The first kappa shape index (κ1) is 22.9. The SMILES string of the molecule is CCCCCCCOC(=O)C(C)(C)C(=O)Oc1c(F)c(F)c(F)c(F)c1F. The molecule has 9 heteroatoms. The predicted molar refractivity (Wildman–Crippen MR) is 85.4 cm³/mol. The fourth-order valence-corrected chi connectivity index (χ4v) is 2.03. The molecular weight excluding hydrogens is 375 g/mol. The quantitative estimate of drug-likeness (QED) is 0.114. The van der Waals surface area contributed by atoms with Crippen molar-refractivity contribution in [3.8, 4) is 5.75 Å². The minimum Gasteiger partial charge on any atom is -0.465 e. The summed E-state index contributed by atoms with van der Waals surface area (Å²) in [5.74, 6) is -15.8. The van der Waals surface area contributed by atoms with Crippen molar-refractivity contribution in [1.29, 1.82) is 0 Å². The van der Waals surface area contributed by atoms with Crippen LogP contribution in [0.4, 0.5) is 22.0 Å². The number of halogens is 5. The molecule has 0 heterocycles. The number of ether oxygens (including phenoxy) is 2. The van der Waals surface area contributed by atoms with E-state index in [9.17, 15) is 31.5 Å². The van der Waals surface area contributed by atoms with Gasteiger partial charge in [-0.3, -0.25) is 9.59 Å². The summed E-state index contributed by atoms with van der Waals surface area (Å²) in [5, 5.41) is 0. The van der Waals surface area contributed by atoms with Crippen LogP contribution in [0.3, 0.4) is 0 Å². The molecule has 1 rings (SSSR count). The topological polar surface area (TPSA) is 52.6 Å². The van der Waals surface area contributed by atoms with Gasteiger partial charge in [0.15, 0.2) is 5.41 Å². The van der Waals surface area contributed by atoms with E-state index in [-0.39, 0.29) is 6.61 Å². The lowest BCUT2D eigenvalue weighted by Gasteiger charge is -2.21. The van der Waals surface area contributed by atoms with Gasteiger partial charge in [-0.2, -0.15) is 8.78 Å². The molecule has 152 valence electrons. The summed E-state index contributed by atoms with van der Waals surface area (Å²) in [7, 11) is 0. The van der Waals surface area contributed by atoms with Crippen molar-refractivity contribution < 1.29 is 41.0 Å². The van der Waals surface area contributed by atoms with Gasteiger partial charge in [0.25, 0.3) is 0 Å². The number of hydrogen-bond acceptors (Lipinski definition) is 4. The normalized spacial score (nSPS) is 11.4. The Morgan fingerprint density at radius 3 is 1.78 bits per heavy atom. The summed E-state index contributed by atoms with van der Waals surface area (Å²) >= 11 is 0. The van der Waals surface area contributed by atoms with Crippen LogP contribution in [0.1, 0.15) is 52.9 Å². The molecular formula is C18H21F5O4. The molecule has 0 N–H and O–H groups in total. The van der Waals surface area contributed by atoms with Crippen LogP contribution >= 0.6 is 0 Å². The Hall–Kier alpha value is -2.19. The zero-order valence-electron chi connectivity index (χ0n) is 15.3. The molecule has 0 fully saturated rings. The highest BCUT2D eigenvalue weighted by Crippen LogP contribution is 2.31. The van der Waals surface area contributed by atoms with E-state index in [2.05, 4.69) is 4.74 Å². The number of esters is 2. The van der Waals surface area contributed by atoms with E-state index in [0.717, 1.165) is 39.5 Å². The van der Waals surface area contributed by atoms with Gasteiger partial charge in [-0.15, -0.1) is 0 Å². The molecule has 0 bridgehead atoms. The minimum absolute atomic E-state index is 0.0295. The molecule has 0 aromatic heterocycles. The first-order chi connectivity index (χ1) is 12.6. The molecule has 1 aromatic carbocycles. The van der Waals surface area contributed by atoms with Gasteiger partial charge in [0.05, 0.1) is 6.61 Å². The Morgan fingerprint density at radius 2 is 1.26 bits per heavy atom. The zero-order chi connectivity index (χ0) is 20.8. The number of carbonyl (C=O) groups is 2. The van der Waals surface area contributed by atoms with Crippen molar-refractivity contribution in [2.75, 3.05) is 6.61 Å². The van der Waals surface area contributed by atoms with Gasteiger partial charge in [-0.05, 0) is 20.3 Å². The smallest absolute Gasteiger partial charge is 0.328 e. The van der Waals surface area contributed by atoms with Gasteiger partial charge >= 0.3 is 11.9 Å². The molecule has 1 aromatic rings. The van der Waals surface area contributed by atoms with Crippen LogP contribution in [0.2, 0.25) is 0 Å². The molecule has 0 saturated heterocycles. The van der Waals surface area contributed by atoms with Gasteiger partial charge in [-0.1, -0.05) is 32.6 Å². The third-order valence-electron chi connectivity index (χ3n) is 3.87. The van der Waals surface area contributed by atoms with Crippen molar-refractivity contribution >= 4 is 11.9 Å². The van der Waals surface area contributed by atoms with Crippen LogP contribution in [0, 0.1) is 34.5 Å². The van der Waals surface area contributed by atoms with Crippen molar-refractivity contribution in [1.82, 2.24) is 0 Å². The second-order valence-corrected chi connectivity index (χ2v) is 6.46. The molecule has 0 saturated carbocycles. The van der Waals surface area contributed by atoms with E-state index in [1.807, 2.05) is 6.92 Å². The highest BCUT2D eigenvalue weighted by Gasteiger charge is 2.41. The molecule has 0 aliphatic carbocycles. The first-order valence-electron chi connectivity index (χ1n) is 8.46. The zero-order valence-corrected chi connectivity index (χ0v) is 15.3. The third-order valence-corrected chi connectivity index (χ3v) is 3.87. The molecule has 0 spiro atoms. The average molecular weight is 396 g/mol. The average Bonchev–Trinajstić information content (AvgIpc) is 2.64. The Labute approximate surface area is 153 Å². The lowest BCUT2D eigenvalue weighted by Crippen LogP contribution is -2.38. The fraction of sp³-hybridized carbons (Fsp3) is 0.556. The van der Waals surface area contributed by atoms with Gasteiger partial charge in [-0.25, -0.2) is 13.2 Å². The van der Waals surface area contributed by atoms with Gasteiger partial charge < -0.3 is 9.47 Å². The van der Waals surface area contributed by atoms with Crippen molar-refractivity contribution in [2.45, 2.75) is 52.9 Å². The number of unbranched alkanes of at least 4 members (excludes halogenated alkanes) is 4. The molecule has 0 amide bonds. The largest absolute Gasteiger partial charge is 0.465 e. The molecule has 4 nitrogen and oxygen atoms in total. The molecule has 0 aliphatic heterocycles. The first-order valence-corrected chi connectivity index (χ1v) is 8.46. The highest BCUT2D eigenvalue weighted by atomic mass is 19.2. The van der Waals surface area contributed by atoms with Crippen LogP contribution in [0.15, 0.2) is 0 Å². The number of benzene rings is 1. The van der Waals surface area contributed by atoms with Gasteiger partial charge in [0.1, 0.15) is 0 Å². The summed E-state index contributed by atoms with van der Waals surface area (Å²) in [6.07, 6.45) is 4.41. The standard InChI is InChI=1S/C18H21F5O4/c1-4-5-6-7-8-9-26-16(24)18(2,3)17(25)27-15-13(22)11(20)10(19)12(21)14(15)23/h4-9H2,1-3H3. The maximum Gasteiger partial charge on any atom is 0.328 e. The molecule has 0 radical (unpaired) electrons. The second kappa shape index (κ2) is 9.66. The van der Waals surface area contributed by atoms with E-state index in [4.69, 9.17) is 4.74 Å². The lowest BCUT2D eigenvalue weighted by atomic mass is 9.94. The van der Waals surface area contributed by atoms with Crippen LogP contribution in [0.25, 0.3) is 0 Å². The summed E-state index contributed by atoms with van der Waals surface area (Å²) in [5.41, 5.74) is -2.01. The maximum absolute atomic E-state index is 13.6. The number of hydrogen-bond donors (Lipinski definition) is 0.